The third-order valence-corrected chi connectivity index (χ3v) is 6.09. The van der Waals surface area contributed by atoms with E-state index in [9.17, 15) is 4.79 Å². The third kappa shape index (κ3) is 2.90. The van der Waals surface area contributed by atoms with Gasteiger partial charge in [0.2, 0.25) is 0 Å². The van der Waals surface area contributed by atoms with E-state index in [0.717, 1.165) is 43.9 Å². The van der Waals surface area contributed by atoms with Crippen molar-refractivity contribution in [2.75, 3.05) is 0 Å². The molecule has 6 rings (SSSR count). The third-order valence-electron chi connectivity index (χ3n) is 6.09. The first-order valence-corrected chi connectivity index (χ1v) is 10.7. The van der Waals surface area contributed by atoms with Crippen molar-refractivity contribution in [2.45, 2.75) is 6.54 Å². The lowest BCUT2D eigenvalue weighted by Crippen LogP contribution is -2.22. The van der Waals surface area contributed by atoms with E-state index in [1.807, 2.05) is 47.0 Å². The second-order valence-corrected chi connectivity index (χ2v) is 8.01. The standard InChI is InChI=1S/C29H20N2O/c32-29-24-16-9-17-30-28(24)27-25(31(29)19-20-10-3-1-4-11-20)18-22-14-7-8-15-23(22)26(27)21-12-5-2-6-13-21/h1-18H,19H2. The molecule has 0 radical (unpaired) electrons. The van der Waals surface area contributed by atoms with Gasteiger partial charge in [-0.1, -0.05) is 84.9 Å². The number of fused-ring (bicyclic) bond motifs is 4. The van der Waals surface area contributed by atoms with E-state index in [-0.39, 0.29) is 5.56 Å². The molecule has 0 spiro atoms. The summed E-state index contributed by atoms with van der Waals surface area (Å²) in [7, 11) is 0. The fraction of sp³-hybridized carbons (Fsp3) is 0.0345. The van der Waals surface area contributed by atoms with Crippen LogP contribution in [-0.4, -0.2) is 9.55 Å². The van der Waals surface area contributed by atoms with E-state index >= 15 is 0 Å². The van der Waals surface area contributed by atoms with Gasteiger partial charge in [-0.15, -0.1) is 0 Å². The summed E-state index contributed by atoms with van der Waals surface area (Å²) in [6, 6.07) is 34.8. The largest absolute Gasteiger partial charge is 0.303 e. The van der Waals surface area contributed by atoms with Crippen molar-refractivity contribution in [3.8, 4) is 11.1 Å². The molecule has 3 nitrogen and oxygen atoms in total. The van der Waals surface area contributed by atoms with E-state index in [1.165, 1.54) is 0 Å². The van der Waals surface area contributed by atoms with Gasteiger partial charge in [-0.25, -0.2) is 0 Å². The molecule has 152 valence electrons. The Balaban J connectivity index is 1.85. The Bertz CT molecular complexity index is 1650. The first-order chi connectivity index (χ1) is 15.8. The summed E-state index contributed by atoms with van der Waals surface area (Å²) in [5.41, 5.74) is 4.96. The topological polar surface area (TPSA) is 34.9 Å². The zero-order valence-electron chi connectivity index (χ0n) is 17.4. The first kappa shape index (κ1) is 18.5. The van der Waals surface area contributed by atoms with Crippen molar-refractivity contribution in [3.63, 3.8) is 0 Å². The molecule has 3 heteroatoms. The highest BCUT2D eigenvalue weighted by Gasteiger charge is 2.18. The molecule has 4 aromatic carbocycles. The average Bonchev–Trinajstić information content (AvgIpc) is 2.86. The van der Waals surface area contributed by atoms with Crippen LogP contribution < -0.4 is 5.56 Å². The molecular formula is C29H20N2O. The quantitative estimate of drug-likeness (QED) is 0.248. The molecule has 0 amide bonds. The van der Waals surface area contributed by atoms with Crippen LogP contribution in [0.2, 0.25) is 0 Å². The fourth-order valence-corrected chi connectivity index (χ4v) is 4.64. The van der Waals surface area contributed by atoms with E-state index < -0.39 is 0 Å². The molecule has 0 saturated carbocycles. The van der Waals surface area contributed by atoms with Gasteiger partial charge in [-0.2, -0.15) is 0 Å². The summed E-state index contributed by atoms with van der Waals surface area (Å²) in [6.45, 7) is 0.508. The van der Waals surface area contributed by atoms with Crippen LogP contribution >= 0.6 is 0 Å². The number of nitrogens with zero attached hydrogens (tertiary/aromatic N) is 2. The summed E-state index contributed by atoms with van der Waals surface area (Å²) in [5, 5.41) is 3.92. The monoisotopic (exact) mass is 412 g/mol. The van der Waals surface area contributed by atoms with Gasteiger partial charge in [0.15, 0.2) is 0 Å². The maximum atomic E-state index is 13.7. The molecule has 32 heavy (non-hydrogen) atoms. The highest BCUT2D eigenvalue weighted by atomic mass is 16.1. The lowest BCUT2D eigenvalue weighted by atomic mass is 9.92. The minimum absolute atomic E-state index is 0.0151. The van der Waals surface area contributed by atoms with Gasteiger partial charge in [-0.05, 0) is 40.1 Å². The van der Waals surface area contributed by atoms with E-state index in [1.54, 1.807) is 6.20 Å². The van der Waals surface area contributed by atoms with Crippen molar-refractivity contribution in [3.05, 3.63) is 125 Å². The minimum Gasteiger partial charge on any atom is -0.303 e. The molecule has 0 unspecified atom stereocenters. The predicted octanol–water partition coefficient (Wildman–Crippen LogP) is 6.42. The van der Waals surface area contributed by atoms with Crippen LogP contribution in [-0.2, 0) is 6.54 Å². The van der Waals surface area contributed by atoms with Crippen molar-refractivity contribution in [1.29, 1.82) is 0 Å². The Morgan fingerprint density at radius 2 is 1.41 bits per heavy atom. The van der Waals surface area contributed by atoms with Crippen molar-refractivity contribution < 1.29 is 0 Å². The second-order valence-electron chi connectivity index (χ2n) is 8.01. The Morgan fingerprint density at radius 1 is 0.719 bits per heavy atom. The summed E-state index contributed by atoms with van der Waals surface area (Å²) >= 11 is 0. The van der Waals surface area contributed by atoms with Crippen LogP contribution in [0.1, 0.15) is 5.56 Å². The molecule has 0 N–H and O–H groups in total. The summed E-state index contributed by atoms with van der Waals surface area (Å²) in [4.78, 5) is 18.4. The van der Waals surface area contributed by atoms with Gasteiger partial charge in [0.25, 0.3) is 5.56 Å². The van der Waals surface area contributed by atoms with Gasteiger partial charge in [0.05, 0.1) is 23.0 Å². The zero-order valence-corrected chi connectivity index (χ0v) is 17.4. The van der Waals surface area contributed by atoms with Crippen LogP contribution in [0.5, 0.6) is 0 Å². The van der Waals surface area contributed by atoms with Crippen molar-refractivity contribution >= 4 is 32.6 Å². The summed E-state index contributed by atoms with van der Waals surface area (Å²) in [6.07, 6.45) is 1.77. The highest BCUT2D eigenvalue weighted by molar-refractivity contribution is 6.19. The maximum Gasteiger partial charge on any atom is 0.260 e. The Morgan fingerprint density at radius 3 is 2.22 bits per heavy atom. The SMILES string of the molecule is O=c1c2cccnc2c2c(-c3ccccc3)c3ccccc3cc2n1Cc1ccccc1. The number of pyridine rings is 2. The van der Waals surface area contributed by atoms with Crippen LogP contribution in [0.25, 0.3) is 43.7 Å². The van der Waals surface area contributed by atoms with Crippen molar-refractivity contribution in [1.82, 2.24) is 9.55 Å². The average molecular weight is 412 g/mol. The van der Waals surface area contributed by atoms with Crippen LogP contribution in [0.3, 0.4) is 0 Å². The molecular weight excluding hydrogens is 392 g/mol. The van der Waals surface area contributed by atoms with Crippen LogP contribution in [0.4, 0.5) is 0 Å². The highest BCUT2D eigenvalue weighted by Crippen LogP contribution is 2.38. The molecule has 2 heterocycles. The van der Waals surface area contributed by atoms with Gasteiger partial charge in [0, 0.05) is 17.1 Å². The molecule has 0 fully saturated rings. The first-order valence-electron chi connectivity index (χ1n) is 10.7. The lowest BCUT2D eigenvalue weighted by molar-refractivity contribution is 0.802. The Kier molecular flexibility index (Phi) is 4.32. The smallest absolute Gasteiger partial charge is 0.260 e. The zero-order chi connectivity index (χ0) is 21.5. The maximum absolute atomic E-state index is 13.7. The molecule has 0 atom stereocenters. The van der Waals surface area contributed by atoms with Gasteiger partial charge in [-0.3, -0.25) is 9.78 Å². The van der Waals surface area contributed by atoms with Gasteiger partial charge >= 0.3 is 0 Å². The summed E-state index contributed by atoms with van der Waals surface area (Å²) in [5.74, 6) is 0. The van der Waals surface area contributed by atoms with E-state index in [2.05, 4.69) is 60.7 Å². The molecule has 6 aromatic rings. The number of rotatable bonds is 3. The number of hydrogen-bond donors (Lipinski definition) is 0. The fourth-order valence-electron chi connectivity index (χ4n) is 4.64. The predicted molar refractivity (Wildman–Crippen MR) is 132 cm³/mol. The molecule has 0 aliphatic heterocycles. The second kappa shape index (κ2) is 7.47. The van der Waals surface area contributed by atoms with E-state index in [4.69, 9.17) is 4.98 Å². The molecule has 2 aromatic heterocycles. The molecule has 0 saturated heterocycles. The van der Waals surface area contributed by atoms with Crippen LogP contribution in [0, 0.1) is 0 Å². The van der Waals surface area contributed by atoms with E-state index in [0.29, 0.717) is 11.9 Å². The number of hydrogen-bond acceptors (Lipinski definition) is 2. The molecule has 0 aliphatic rings. The molecule has 0 bridgehead atoms. The normalized spacial score (nSPS) is 11.4. The Hall–Kier alpha value is -4.24. The summed E-state index contributed by atoms with van der Waals surface area (Å²) < 4.78 is 1.90. The van der Waals surface area contributed by atoms with Crippen molar-refractivity contribution in [2.24, 2.45) is 0 Å². The van der Waals surface area contributed by atoms with Gasteiger partial charge < -0.3 is 4.57 Å². The number of aromatic nitrogens is 2. The van der Waals surface area contributed by atoms with Gasteiger partial charge in [0.1, 0.15) is 0 Å². The van der Waals surface area contributed by atoms with Crippen LogP contribution in [0.15, 0.2) is 114 Å². The molecule has 0 aliphatic carbocycles. The lowest BCUT2D eigenvalue weighted by Gasteiger charge is -2.18. The Labute approximate surface area is 185 Å². The number of benzene rings is 4. The minimum atomic E-state index is -0.0151.